The zero-order valence-corrected chi connectivity index (χ0v) is 10.6. The molecule has 0 heterocycles. The number of allylic oxidation sites excluding steroid dienone is 4. The summed E-state index contributed by atoms with van der Waals surface area (Å²) in [5, 5.41) is 0. The van der Waals surface area contributed by atoms with Crippen molar-refractivity contribution in [2.24, 2.45) is 17.8 Å². The lowest BCUT2D eigenvalue weighted by atomic mass is 9.85. The van der Waals surface area contributed by atoms with E-state index in [0.717, 1.165) is 25.7 Å². The lowest BCUT2D eigenvalue weighted by molar-refractivity contribution is -0.146. The van der Waals surface area contributed by atoms with E-state index >= 15 is 0 Å². The summed E-state index contributed by atoms with van der Waals surface area (Å²) in [5.41, 5.74) is 0. The SMILES string of the molecule is CC1CC=CCC1COC(=O)CC1C=CCC1. The molecule has 0 bridgehead atoms. The molecular weight excluding hydrogens is 212 g/mol. The largest absolute Gasteiger partial charge is 0.465 e. The van der Waals surface area contributed by atoms with Crippen molar-refractivity contribution >= 4 is 5.97 Å². The number of rotatable bonds is 4. The van der Waals surface area contributed by atoms with Crippen molar-refractivity contribution in [3.05, 3.63) is 24.3 Å². The first-order valence-corrected chi connectivity index (χ1v) is 6.73. The van der Waals surface area contributed by atoms with Crippen LogP contribution in [0.2, 0.25) is 0 Å². The summed E-state index contributed by atoms with van der Waals surface area (Å²) in [6.07, 6.45) is 13.7. The summed E-state index contributed by atoms with van der Waals surface area (Å²) in [7, 11) is 0. The standard InChI is InChI=1S/C15H22O2/c1-12-6-2-5-9-14(12)11-17-15(16)10-13-7-3-4-8-13/h2-3,5,7,12-14H,4,6,8-11H2,1H3. The minimum Gasteiger partial charge on any atom is -0.465 e. The smallest absolute Gasteiger partial charge is 0.306 e. The molecule has 2 nitrogen and oxygen atoms in total. The third-order valence-electron chi connectivity index (χ3n) is 3.92. The van der Waals surface area contributed by atoms with Gasteiger partial charge in [-0.15, -0.1) is 0 Å². The molecule has 3 atom stereocenters. The number of ether oxygens (including phenoxy) is 1. The third-order valence-corrected chi connectivity index (χ3v) is 3.92. The highest BCUT2D eigenvalue weighted by Crippen LogP contribution is 2.26. The molecule has 0 saturated carbocycles. The Morgan fingerprint density at radius 3 is 2.82 bits per heavy atom. The fraction of sp³-hybridized carbons (Fsp3) is 0.667. The van der Waals surface area contributed by atoms with Crippen LogP contribution in [0, 0.1) is 17.8 Å². The Morgan fingerprint density at radius 2 is 2.12 bits per heavy atom. The fourth-order valence-corrected chi connectivity index (χ4v) is 2.58. The topological polar surface area (TPSA) is 26.3 Å². The zero-order valence-electron chi connectivity index (χ0n) is 10.6. The van der Waals surface area contributed by atoms with Crippen LogP contribution in [0.1, 0.15) is 39.0 Å². The molecular formula is C15H22O2. The van der Waals surface area contributed by atoms with Gasteiger partial charge in [-0.05, 0) is 43.4 Å². The molecule has 0 amide bonds. The Labute approximate surface area is 104 Å². The number of hydrogen-bond donors (Lipinski definition) is 0. The first-order valence-electron chi connectivity index (χ1n) is 6.73. The van der Waals surface area contributed by atoms with Crippen molar-refractivity contribution in [1.82, 2.24) is 0 Å². The quantitative estimate of drug-likeness (QED) is 0.550. The minimum atomic E-state index is -0.0247. The number of carbonyl (C=O) groups excluding carboxylic acids is 1. The van der Waals surface area contributed by atoms with Crippen LogP contribution < -0.4 is 0 Å². The van der Waals surface area contributed by atoms with Gasteiger partial charge < -0.3 is 4.74 Å². The van der Waals surface area contributed by atoms with Crippen molar-refractivity contribution in [2.45, 2.75) is 39.0 Å². The molecule has 0 aromatic carbocycles. The van der Waals surface area contributed by atoms with E-state index in [1.807, 2.05) is 0 Å². The Bertz CT molecular complexity index is 317. The average Bonchev–Trinajstić information content (AvgIpc) is 2.81. The van der Waals surface area contributed by atoms with Crippen molar-refractivity contribution in [3.8, 4) is 0 Å². The first kappa shape index (κ1) is 12.4. The van der Waals surface area contributed by atoms with E-state index in [-0.39, 0.29) is 5.97 Å². The van der Waals surface area contributed by atoms with Crippen molar-refractivity contribution < 1.29 is 9.53 Å². The molecule has 0 saturated heterocycles. The maximum absolute atomic E-state index is 11.7. The fourth-order valence-electron chi connectivity index (χ4n) is 2.58. The van der Waals surface area contributed by atoms with Gasteiger partial charge in [0.1, 0.15) is 0 Å². The molecule has 2 rings (SSSR count). The molecule has 0 N–H and O–H groups in total. The Balaban J connectivity index is 1.68. The van der Waals surface area contributed by atoms with Gasteiger partial charge >= 0.3 is 5.97 Å². The number of hydrogen-bond acceptors (Lipinski definition) is 2. The van der Waals surface area contributed by atoms with Gasteiger partial charge in [0.05, 0.1) is 13.0 Å². The van der Waals surface area contributed by atoms with E-state index in [1.54, 1.807) is 0 Å². The van der Waals surface area contributed by atoms with Gasteiger partial charge in [-0.3, -0.25) is 4.79 Å². The second-order valence-electron chi connectivity index (χ2n) is 5.33. The van der Waals surface area contributed by atoms with E-state index < -0.39 is 0 Å². The third kappa shape index (κ3) is 3.72. The first-order chi connectivity index (χ1) is 8.25. The van der Waals surface area contributed by atoms with Crippen LogP contribution in [0.15, 0.2) is 24.3 Å². The predicted molar refractivity (Wildman–Crippen MR) is 68.5 cm³/mol. The molecule has 0 radical (unpaired) electrons. The van der Waals surface area contributed by atoms with Crippen LogP contribution in [0.3, 0.4) is 0 Å². The van der Waals surface area contributed by atoms with Crippen molar-refractivity contribution in [2.75, 3.05) is 6.61 Å². The maximum atomic E-state index is 11.7. The van der Waals surface area contributed by atoms with E-state index in [9.17, 15) is 4.79 Å². The second kappa shape index (κ2) is 6.04. The van der Waals surface area contributed by atoms with Crippen LogP contribution in [-0.2, 0) is 9.53 Å². The highest BCUT2D eigenvalue weighted by molar-refractivity contribution is 5.70. The molecule has 2 aliphatic rings. The average molecular weight is 234 g/mol. The van der Waals surface area contributed by atoms with Gasteiger partial charge in [-0.25, -0.2) is 0 Å². The van der Waals surface area contributed by atoms with Crippen molar-refractivity contribution in [3.63, 3.8) is 0 Å². The number of carbonyl (C=O) groups is 1. The van der Waals surface area contributed by atoms with E-state index in [0.29, 0.717) is 30.8 Å². The Morgan fingerprint density at radius 1 is 1.29 bits per heavy atom. The van der Waals surface area contributed by atoms with Gasteiger partial charge in [0.25, 0.3) is 0 Å². The van der Waals surface area contributed by atoms with Crippen LogP contribution in [0.4, 0.5) is 0 Å². The lowest BCUT2D eigenvalue weighted by Crippen LogP contribution is -2.22. The Hall–Kier alpha value is -1.05. The second-order valence-corrected chi connectivity index (χ2v) is 5.33. The highest BCUT2D eigenvalue weighted by atomic mass is 16.5. The van der Waals surface area contributed by atoms with Crippen LogP contribution in [-0.4, -0.2) is 12.6 Å². The lowest BCUT2D eigenvalue weighted by Gasteiger charge is -2.24. The summed E-state index contributed by atoms with van der Waals surface area (Å²) in [6.45, 7) is 2.84. The highest BCUT2D eigenvalue weighted by Gasteiger charge is 2.21. The van der Waals surface area contributed by atoms with E-state index in [1.165, 1.54) is 0 Å². The molecule has 0 aliphatic heterocycles. The molecule has 0 spiro atoms. The zero-order chi connectivity index (χ0) is 12.1. The Kier molecular flexibility index (Phi) is 4.41. The van der Waals surface area contributed by atoms with Gasteiger partial charge in [-0.1, -0.05) is 31.2 Å². The molecule has 2 aliphatic carbocycles. The van der Waals surface area contributed by atoms with Crippen LogP contribution in [0.25, 0.3) is 0 Å². The van der Waals surface area contributed by atoms with Gasteiger partial charge in [0.2, 0.25) is 0 Å². The summed E-state index contributed by atoms with van der Waals surface area (Å²) in [5.74, 6) is 1.55. The van der Waals surface area contributed by atoms with Gasteiger partial charge in [0.15, 0.2) is 0 Å². The van der Waals surface area contributed by atoms with Gasteiger partial charge in [-0.2, -0.15) is 0 Å². The van der Waals surface area contributed by atoms with E-state index in [4.69, 9.17) is 4.74 Å². The minimum absolute atomic E-state index is 0.0247. The summed E-state index contributed by atoms with van der Waals surface area (Å²) in [4.78, 5) is 11.7. The monoisotopic (exact) mass is 234 g/mol. The molecule has 0 aromatic rings. The predicted octanol–water partition coefficient (Wildman–Crippen LogP) is 3.49. The number of esters is 1. The van der Waals surface area contributed by atoms with Gasteiger partial charge in [0, 0.05) is 0 Å². The van der Waals surface area contributed by atoms with Crippen molar-refractivity contribution in [1.29, 1.82) is 0 Å². The summed E-state index contributed by atoms with van der Waals surface area (Å²) >= 11 is 0. The maximum Gasteiger partial charge on any atom is 0.306 e. The molecule has 0 aromatic heterocycles. The van der Waals surface area contributed by atoms with E-state index in [2.05, 4.69) is 31.2 Å². The summed E-state index contributed by atoms with van der Waals surface area (Å²) < 4.78 is 5.41. The molecule has 2 heteroatoms. The normalized spacial score (nSPS) is 31.7. The molecule has 17 heavy (non-hydrogen) atoms. The van der Waals surface area contributed by atoms with Crippen LogP contribution >= 0.6 is 0 Å². The molecule has 0 fully saturated rings. The molecule has 3 unspecified atom stereocenters. The van der Waals surface area contributed by atoms with Crippen LogP contribution in [0.5, 0.6) is 0 Å². The molecule has 94 valence electrons. The summed E-state index contributed by atoms with van der Waals surface area (Å²) in [6, 6.07) is 0.